The lowest BCUT2D eigenvalue weighted by molar-refractivity contribution is -0.386. The Hall–Kier alpha value is -4.08. The van der Waals surface area contributed by atoms with Crippen LogP contribution in [-0.4, -0.2) is 28.9 Å². The molecule has 0 unspecified atom stereocenters. The number of nitrogens with two attached hydrogens (primary N) is 2. The summed E-state index contributed by atoms with van der Waals surface area (Å²) in [6.07, 6.45) is 0.558. The van der Waals surface area contributed by atoms with Crippen molar-refractivity contribution in [1.29, 1.82) is 0 Å². The molecule has 3 rings (SSSR count). The quantitative estimate of drug-likeness (QED) is 0.243. The summed E-state index contributed by atoms with van der Waals surface area (Å²) in [5.41, 5.74) is 13.6. The summed E-state index contributed by atoms with van der Waals surface area (Å²) < 4.78 is 10.5. The molecule has 9 heteroatoms. The van der Waals surface area contributed by atoms with Gasteiger partial charge in [0.2, 0.25) is 0 Å². The summed E-state index contributed by atoms with van der Waals surface area (Å²) in [5, 5.41) is 11.8. The van der Waals surface area contributed by atoms with E-state index in [0.717, 1.165) is 11.1 Å². The van der Waals surface area contributed by atoms with Crippen LogP contribution in [0.5, 0.6) is 0 Å². The van der Waals surface area contributed by atoms with E-state index in [2.05, 4.69) is 0 Å². The third-order valence-electron chi connectivity index (χ3n) is 5.33. The summed E-state index contributed by atoms with van der Waals surface area (Å²) in [4.78, 5) is 35.8. The second-order valence-electron chi connectivity index (χ2n) is 7.99. The van der Waals surface area contributed by atoms with Crippen molar-refractivity contribution in [2.24, 2.45) is 11.5 Å². The van der Waals surface area contributed by atoms with E-state index < -0.39 is 28.9 Å². The highest BCUT2D eigenvalue weighted by Crippen LogP contribution is 2.26. The predicted octanol–water partition coefficient (Wildman–Crippen LogP) is 2.82. The maximum Gasteiger partial charge on any atom is 0.323 e. The molecular formula is C26H27N3O6. The Balaban J connectivity index is 1.61. The number of carbonyl (C=O) groups is 2. The molecule has 0 amide bonds. The van der Waals surface area contributed by atoms with Crippen LogP contribution in [0.15, 0.2) is 78.9 Å². The fourth-order valence-corrected chi connectivity index (χ4v) is 3.53. The average molecular weight is 478 g/mol. The molecule has 182 valence electrons. The summed E-state index contributed by atoms with van der Waals surface area (Å²) in [6.45, 7) is -0.681. The zero-order chi connectivity index (χ0) is 25.2. The number of ether oxygens (including phenoxy) is 2. The number of hydrogen-bond acceptors (Lipinski definition) is 8. The van der Waals surface area contributed by atoms with Gasteiger partial charge in [0.25, 0.3) is 5.69 Å². The van der Waals surface area contributed by atoms with Crippen LogP contribution in [0, 0.1) is 10.1 Å². The van der Waals surface area contributed by atoms with Crippen LogP contribution in [0.1, 0.15) is 22.3 Å². The molecule has 0 heterocycles. The lowest BCUT2D eigenvalue weighted by Gasteiger charge is -2.14. The molecule has 0 saturated heterocycles. The number of hydrogen-bond donors (Lipinski definition) is 2. The number of rotatable bonds is 11. The Bertz CT molecular complexity index is 1070. The van der Waals surface area contributed by atoms with E-state index in [1.807, 2.05) is 60.7 Å². The summed E-state index contributed by atoms with van der Waals surface area (Å²) >= 11 is 0. The van der Waals surface area contributed by atoms with Crippen LogP contribution < -0.4 is 11.5 Å². The normalized spacial score (nSPS) is 12.4. The van der Waals surface area contributed by atoms with Crippen molar-refractivity contribution >= 4 is 17.6 Å². The van der Waals surface area contributed by atoms with Gasteiger partial charge in [-0.3, -0.25) is 19.7 Å². The van der Waals surface area contributed by atoms with E-state index in [9.17, 15) is 19.7 Å². The van der Waals surface area contributed by atoms with Crippen LogP contribution in [0.4, 0.5) is 5.69 Å². The number of benzene rings is 3. The third-order valence-corrected chi connectivity index (χ3v) is 5.33. The molecule has 0 aliphatic heterocycles. The van der Waals surface area contributed by atoms with Gasteiger partial charge in [-0.1, -0.05) is 66.7 Å². The predicted molar refractivity (Wildman–Crippen MR) is 129 cm³/mol. The zero-order valence-corrected chi connectivity index (χ0v) is 19.0. The molecular weight excluding hydrogens is 450 g/mol. The van der Waals surface area contributed by atoms with Crippen molar-refractivity contribution in [2.45, 2.75) is 38.1 Å². The van der Waals surface area contributed by atoms with Crippen molar-refractivity contribution in [3.05, 3.63) is 111 Å². The minimum atomic E-state index is -0.910. The largest absolute Gasteiger partial charge is 0.459 e. The van der Waals surface area contributed by atoms with E-state index in [0.29, 0.717) is 0 Å². The smallest absolute Gasteiger partial charge is 0.323 e. The summed E-state index contributed by atoms with van der Waals surface area (Å²) in [6, 6.07) is 21.1. The number of carbonyl (C=O) groups excluding carboxylic acids is 2. The molecule has 0 spiro atoms. The van der Waals surface area contributed by atoms with Crippen LogP contribution in [-0.2, 0) is 45.1 Å². The second-order valence-corrected chi connectivity index (χ2v) is 7.99. The van der Waals surface area contributed by atoms with Gasteiger partial charge in [0, 0.05) is 0 Å². The Labute approximate surface area is 202 Å². The minimum Gasteiger partial charge on any atom is -0.459 e. The lowest BCUT2D eigenvalue weighted by atomic mass is 10.1. The minimum absolute atomic E-state index is 0.164. The van der Waals surface area contributed by atoms with Gasteiger partial charge in [0.15, 0.2) is 0 Å². The monoisotopic (exact) mass is 477 g/mol. The fraction of sp³-hybridized carbons (Fsp3) is 0.231. The Kier molecular flexibility index (Phi) is 9.05. The number of nitro groups is 1. The Morgan fingerprint density at radius 1 is 0.714 bits per heavy atom. The van der Waals surface area contributed by atoms with Crippen LogP contribution >= 0.6 is 0 Å². The number of para-hydroxylation sites is 1. The number of nitrogens with zero attached hydrogens (tertiary/aromatic N) is 1. The van der Waals surface area contributed by atoms with Gasteiger partial charge in [-0.05, 0) is 36.1 Å². The van der Waals surface area contributed by atoms with Crippen molar-refractivity contribution in [1.82, 2.24) is 0 Å². The molecule has 0 aromatic heterocycles. The van der Waals surface area contributed by atoms with Gasteiger partial charge in [0.05, 0.1) is 16.1 Å². The first-order valence-electron chi connectivity index (χ1n) is 11.0. The van der Waals surface area contributed by atoms with E-state index >= 15 is 0 Å². The SMILES string of the molecule is N[C@@H](Cc1ccccc1)C(=O)OCc1cccc(COC(=O)[C@@H](N)Cc2ccccc2)c1[N+](=O)[O-]. The van der Waals surface area contributed by atoms with E-state index in [-0.39, 0.29) is 42.9 Å². The van der Waals surface area contributed by atoms with E-state index in [1.54, 1.807) is 6.07 Å². The Morgan fingerprint density at radius 2 is 1.11 bits per heavy atom. The maximum absolute atomic E-state index is 12.3. The molecule has 0 bridgehead atoms. The van der Waals surface area contributed by atoms with Crippen LogP contribution in [0.25, 0.3) is 0 Å². The number of nitro benzene ring substituents is 1. The lowest BCUT2D eigenvalue weighted by Crippen LogP contribution is -2.34. The first kappa shape index (κ1) is 25.5. The molecule has 0 aliphatic carbocycles. The van der Waals surface area contributed by atoms with Crippen molar-refractivity contribution < 1.29 is 24.0 Å². The highest BCUT2D eigenvalue weighted by molar-refractivity contribution is 5.76. The van der Waals surface area contributed by atoms with Gasteiger partial charge in [-0.25, -0.2) is 0 Å². The molecule has 0 aliphatic rings. The molecule has 9 nitrogen and oxygen atoms in total. The highest BCUT2D eigenvalue weighted by atomic mass is 16.6. The van der Waals surface area contributed by atoms with Crippen molar-refractivity contribution in [3.63, 3.8) is 0 Å². The van der Waals surface area contributed by atoms with Crippen LogP contribution in [0.2, 0.25) is 0 Å². The first-order valence-corrected chi connectivity index (χ1v) is 11.0. The molecule has 0 saturated carbocycles. The van der Waals surface area contributed by atoms with Gasteiger partial charge in [0.1, 0.15) is 25.3 Å². The molecule has 3 aromatic rings. The van der Waals surface area contributed by atoms with Gasteiger partial charge < -0.3 is 20.9 Å². The van der Waals surface area contributed by atoms with Crippen molar-refractivity contribution in [2.75, 3.05) is 0 Å². The molecule has 0 radical (unpaired) electrons. The molecule has 35 heavy (non-hydrogen) atoms. The highest BCUT2D eigenvalue weighted by Gasteiger charge is 2.24. The topological polar surface area (TPSA) is 148 Å². The Morgan fingerprint density at radius 3 is 1.49 bits per heavy atom. The summed E-state index contributed by atoms with van der Waals surface area (Å²) in [5.74, 6) is -1.35. The van der Waals surface area contributed by atoms with Gasteiger partial charge in [-0.2, -0.15) is 0 Å². The van der Waals surface area contributed by atoms with Gasteiger partial charge in [-0.15, -0.1) is 0 Å². The average Bonchev–Trinajstić information content (AvgIpc) is 2.86. The second kappa shape index (κ2) is 12.4. The molecule has 2 atom stereocenters. The molecule has 0 fully saturated rings. The third kappa shape index (κ3) is 7.46. The van der Waals surface area contributed by atoms with E-state index in [4.69, 9.17) is 20.9 Å². The summed E-state index contributed by atoms with van der Waals surface area (Å²) in [7, 11) is 0. The standard InChI is InChI=1S/C26H27N3O6/c27-22(14-18-8-3-1-4-9-18)25(30)34-16-20-12-7-13-21(24(20)29(32)33)17-35-26(31)23(28)15-19-10-5-2-6-11-19/h1-13,22-23H,14-17,27-28H2/t22-,23-/m0/s1. The maximum atomic E-state index is 12.3. The van der Waals surface area contributed by atoms with Crippen molar-refractivity contribution in [3.8, 4) is 0 Å². The molecule has 4 N–H and O–H groups in total. The first-order chi connectivity index (χ1) is 16.8. The molecule has 3 aromatic carbocycles. The van der Waals surface area contributed by atoms with Gasteiger partial charge >= 0.3 is 11.9 Å². The zero-order valence-electron chi connectivity index (χ0n) is 19.0. The van der Waals surface area contributed by atoms with Crippen LogP contribution in [0.3, 0.4) is 0 Å². The number of esters is 2. The van der Waals surface area contributed by atoms with E-state index in [1.165, 1.54) is 12.1 Å². The fourth-order valence-electron chi connectivity index (χ4n) is 3.53.